The molecule has 0 radical (unpaired) electrons. The smallest absolute Gasteiger partial charge is 0.407 e. The number of amides is 1. The molecule has 7 nitrogen and oxygen atoms in total. The highest BCUT2D eigenvalue weighted by molar-refractivity contribution is 7.99. The van der Waals surface area contributed by atoms with Crippen LogP contribution in [0.3, 0.4) is 0 Å². The van der Waals surface area contributed by atoms with E-state index >= 15 is 0 Å². The van der Waals surface area contributed by atoms with Crippen LogP contribution in [0, 0.1) is 0 Å². The number of hydrogen-bond acceptors (Lipinski definition) is 6. The Morgan fingerprint density at radius 3 is 3.12 bits per heavy atom. The van der Waals surface area contributed by atoms with Crippen LogP contribution in [-0.4, -0.2) is 72.1 Å². The molecule has 3 rings (SSSR count). The van der Waals surface area contributed by atoms with Gasteiger partial charge in [0, 0.05) is 37.8 Å². The van der Waals surface area contributed by atoms with Crippen molar-refractivity contribution < 1.29 is 14.3 Å². The summed E-state index contributed by atoms with van der Waals surface area (Å²) in [6.45, 7) is 5.56. The standard InChI is InChI=1S/C17H24N4O3S/c22-17(19-5-2-7-20-9-11-23-12-10-20)24-13-14-25-16-4-1-3-15-18-6-8-21(15)16/h1,3-4,6,8H,2,5,7,9-14H2,(H,19,22). The lowest BCUT2D eigenvalue weighted by molar-refractivity contribution is 0.0374. The lowest BCUT2D eigenvalue weighted by Gasteiger charge is -2.26. The van der Waals surface area contributed by atoms with Crippen molar-refractivity contribution in [2.24, 2.45) is 0 Å². The number of alkyl carbamates (subject to hydrolysis) is 1. The zero-order chi connectivity index (χ0) is 17.3. The van der Waals surface area contributed by atoms with Gasteiger partial charge in [0.15, 0.2) is 0 Å². The number of carbonyl (C=O) groups excluding carboxylic acids is 1. The average Bonchev–Trinajstić information content (AvgIpc) is 3.13. The maximum absolute atomic E-state index is 11.7. The van der Waals surface area contributed by atoms with Crippen LogP contribution in [0.5, 0.6) is 0 Å². The predicted octanol–water partition coefficient (Wildman–Crippen LogP) is 1.87. The number of carbonyl (C=O) groups is 1. The van der Waals surface area contributed by atoms with E-state index in [9.17, 15) is 4.79 Å². The summed E-state index contributed by atoms with van der Waals surface area (Å²) in [7, 11) is 0. The number of morpholine rings is 1. The van der Waals surface area contributed by atoms with Gasteiger partial charge in [0.05, 0.1) is 18.2 Å². The van der Waals surface area contributed by atoms with Crippen molar-refractivity contribution in [2.45, 2.75) is 11.4 Å². The van der Waals surface area contributed by atoms with Gasteiger partial charge in [-0.3, -0.25) is 9.30 Å². The quantitative estimate of drug-likeness (QED) is 0.570. The number of rotatable bonds is 8. The largest absolute Gasteiger partial charge is 0.449 e. The first kappa shape index (κ1) is 18.0. The van der Waals surface area contributed by atoms with Crippen LogP contribution in [0.15, 0.2) is 35.6 Å². The van der Waals surface area contributed by atoms with E-state index in [0.29, 0.717) is 18.9 Å². The lowest BCUT2D eigenvalue weighted by Crippen LogP contribution is -2.38. The Labute approximate surface area is 151 Å². The fraction of sp³-hybridized carbons (Fsp3) is 0.529. The first-order valence-corrected chi connectivity index (χ1v) is 9.57. The summed E-state index contributed by atoms with van der Waals surface area (Å²) in [4.78, 5) is 18.3. The van der Waals surface area contributed by atoms with E-state index in [0.717, 1.165) is 49.9 Å². The minimum absolute atomic E-state index is 0.344. The van der Waals surface area contributed by atoms with Crippen molar-refractivity contribution in [3.8, 4) is 0 Å². The molecule has 1 saturated heterocycles. The zero-order valence-electron chi connectivity index (χ0n) is 14.2. The van der Waals surface area contributed by atoms with Crippen LogP contribution in [-0.2, 0) is 9.47 Å². The first-order chi connectivity index (χ1) is 12.3. The van der Waals surface area contributed by atoms with Gasteiger partial charge in [-0.1, -0.05) is 6.07 Å². The molecule has 2 aromatic rings. The second-order valence-corrected chi connectivity index (χ2v) is 6.85. The number of ether oxygens (including phenoxy) is 2. The molecule has 0 aromatic carbocycles. The third kappa shape index (κ3) is 5.62. The Hall–Kier alpha value is -1.77. The van der Waals surface area contributed by atoms with E-state index in [4.69, 9.17) is 9.47 Å². The van der Waals surface area contributed by atoms with Crippen LogP contribution in [0.2, 0.25) is 0 Å². The van der Waals surface area contributed by atoms with Crippen LogP contribution in [0.25, 0.3) is 5.65 Å². The molecular formula is C17H24N4O3S. The van der Waals surface area contributed by atoms with E-state index in [1.807, 2.05) is 28.8 Å². The third-order valence-electron chi connectivity index (χ3n) is 3.98. The third-order valence-corrected chi connectivity index (χ3v) is 4.98. The normalized spacial score (nSPS) is 15.4. The fourth-order valence-electron chi connectivity index (χ4n) is 2.69. The number of thioether (sulfide) groups is 1. The summed E-state index contributed by atoms with van der Waals surface area (Å²) in [5.41, 5.74) is 0.920. The number of aromatic nitrogens is 2. The average molecular weight is 364 g/mol. The molecule has 1 amide bonds. The molecule has 1 aliphatic rings. The number of nitrogens with zero attached hydrogens (tertiary/aromatic N) is 3. The number of imidazole rings is 1. The van der Waals surface area contributed by atoms with Crippen molar-refractivity contribution in [3.63, 3.8) is 0 Å². The monoisotopic (exact) mass is 364 g/mol. The van der Waals surface area contributed by atoms with Gasteiger partial charge in [-0.05, 0) is 25.1 Å². The molecule has 1 fully saturated rings. The molecule has 2 aromatic heterocycles. The van der Waals surface area contributed by atoms with Gasteiger partial charge in [-0.15, -0.1) is 11.8 Å². The molecule has 0 spiro atoms. The minimum Gasteiger partial charge on any atom is -0.449 e. The highest BCUT2D eigenvalue weighted by Gasteiger charge is 2.09. The minimum atomic E-state index is -0.344. The van der Waals surface area contributed by atoms with Crippen molar-refractivity contribution in [3.05, 3.63) is 30.6 Å². The van der Waals surface area contributed by atoms with E-state index in [-0.39, 0.29) is 6.09 Å². The van der Waals surface area contributed by atoms with Crippen molar-refractivity contribution in [1.82, 2.24) is 19.6 Å². The molecule has 136 valence electrons. The van der Waals surface area contributed by atoms with Gasteiger partial charge in [-0.2, -0.15) is 0 Å². The molecule has 3 heterocycles. The number of nitrogens with one attached hydrogen (secondary N) is 1. The van der Waals surface area contributed by atoms with Gasteiger partial charge >= 0.3 is 6.09 Å². The van der Waals surface area contributed by atoms with Gasteiger partial charge in [0.25, 0.3) is 0 Å². The van der Waals surface area contributed by atoms with E-state index < -0.39 is 0 Å². The van der Waals surface area contributed by atoms with Gasteiger partial charge in [0.1, 0.15) is 12.3 Å². The molecule has 0 bridgehead atoms. The van der Waals surface area contributed by atoms with Crippen molar-refractivity contribution in [2.75, 3.05) is 51.8 Å². The summed E-state index contributed by atoms with van der Waals surface area (Å²) in [6, 6.07) is 5.97. The number of hydrogen-bond donors (Lipinski definition) is 1. The highest BCUT2D eigenvalue weighted by atomic mass is 32.2. The Kier molecular flexibility index (Phi) is 6.96. The van der Waals surface area contributed by atoms with Gasteiger partial charge in [-0.25, -0.2) is 9.78 Å². The van der Waals surface area contributed by atoms with Gasteiger partial charge in [0.2, 0.25) is 0 Å². The molecule has 25 heavy (non-hydrogen) atoms. The Morgan fingerprint density at radius 2 is 2.24 bits per heavy atom. The van der Waals surface area contributed by atoms with Gasteiger partial charge < -0.3 is 14.8 Å². The maximum atomic E-state index is 11.7. The first-order valence-electron chi connectivity index (χ1n) is 8.58. The second kappa shape index (κ2) is 9.65. The summed E-state index contributed by atoms with van der Waals surface area (Å²) in [5, 5.41) is 3.89. The summed E-state index contributed by atoms with van der Waals surface area (Å²) >= 11 is 1.64. The molecule has 0 atom stereocenters. The Bertz CT molecular complexity index is 673. The van der Waals surface area contributed by atoms with Crippen molar-refractivity contribution >= 4 is 23.5 Å². The summed E-state index contributed by atoms with van der Waals surface area (Å²) < 4.78 is 12.6. The number of fused-ring (bicyclic) bond motifs is 1. The highest BCUT2D eigenvalue weighted by Crippen LogP contribution is 2.18. The zero-order valence-corrected chi connectivity index (χ0v) is 15.0. The van der Waals surface area contributed by atoms with Crippen LogP contribution in [0.4, 0.5) is 4.79 Å². The SMILES string of the molecule is O=C(NCCCN1CCOCC1)OCCSc1cccc2nccn12. The van der Waals surface area contributed by atoms with E-state index in [1.165, 1.54) is 0 Å². The van der Waals surface area contributed by atoms with Crippen LogP contribution in [0.1, 0.15) is 6.42 Å². The Balaban J connectivity index is 1.26. The molecule has 0 aliphatic carbocycles. The van der Waals surface area contributed by atoms with Crippen LogP contribution < -0.4 is 5.32 Å². The lowest BCUT2D eigenvalue weighted by atomic mass is 10.3. The summed E-state index contributed by atoms with van der Waals surface area (Å²) in [6.07, 6.45) is 4.29. The predicted molar refractivity (Wildman–Crippen MR) is 97.1 cm³/mol. The fourth-order valence-corrected chi connectivity index (χ4v) is 3.53. The topological polar surface area (TPSA) is 68.1 Å². The molecule has 0 saturated carbocycles. The maximum Gasteiger partial charge on any atom is 0.407 e. The summed E-state index contributed by atoms with van der Waals surface area (Å²) in [5.74, 6) is 0.707. The molecule has 1 N–H and O–H groups in total. The molecular weight excluding hydrogens is 340 g/mol. The second-order valence-electron chi connectivity index (χ2n) is 5.74. The molecule has 8 heteroatoms. The van der Waals surface area contributed by atoms with E-state index in [1.54, 1.807) is 18.0 Å². The molecule has 1 aliphatic heterocycles. The van der Waals surface area contributed by atoms with Crippen LogP contribution >= 0.6 is 11.8 Å². The van der Waals surface area contributed by atoms with Crippen molar-refractivity contribution in [1.29, 1.82) is 0 Å². The Morgan fingerprint density at radius 1 is 1.36 bits per heavy atom. The van der Waals surface area contributed by atoms with E-state index in [2.05, 4.69) is 15.2 Å². The molecule has 0 unspecified atom stereocenters. The number of pyridine rings is 1.